The molecule has 0 saturated carbocycles. The number of rotatable bonds is 18. The second kappa shape index (κ2) is 18.5. The zero-order chi connectivity index (χ0) is 20.3. The van der Waals surface area contributed by atoms with E-state index in [4.69, 9.17) is 0 Å². The first-order chi connectivity index (χ1) is 13.0. The van der Waals surface area contributed by atoms with Gasteiger partial charge in [-0.05, 0) is 31.6 Å². The highest BCUT2D eigenvalue weighted by atomic mass is 16.3. The first-order valence-corrected chi connectivity index (χ1v) is 11.6. The molecule has 2 unspecified atom stereocenters. The predicted octanol–water partition coefficient (Wildman–Crippen LogP) is 6.55. The highest BCUT2D eigenvalue weighted by molar-refractivity contribution is 5.73. The Hall–Kier alpha value is -0.830. The normalized spacial score (nSPS) is 14.0. The fraction of sp³-hybridized carbons (Fsp3) is 0.875. The number of carbonyl (C=O) groups is 1. The Morgan fingerprint density at radius 3 is 1.89 bits per heavy atom. The number of unbranched alkanes of at least 4 members (excludes halogenated alkanes) is 11. The van der Waals surface area contributed by atoms with Gasteiger partial charge in [0.25, 0.3) is 0 Å². The third-order valence-corrected chi connectivity index (χ3v) is 5.16. The fourth-order valence-electron chi connectivity index (χ4n) is 3.40. The molecule has 0 rings (SSSR count). The number of carbonyl (C=O) groups excluding carboxylic acids is 1. The van der Waals surface area contributed by atoms with Crippen molar-refractivity contribution in [1.82, 2.24) is 5.32 Å². The van der Waals surface area contributed by atoms with Crippen LogP contribution in [0.1, 0.15) is 118 Å². The van der Waals surface area contributed by atoms with Crippen LogP contribution in [-0.2, 0) is 4.79 Å². The van der Waals surface area contributed by atoms with Gasteiger partial charge in [-0.1, -0.05) is 97.1 Å². The molecule has 160 valence electrons. The Morgan fingerprint density at radius 1 is 0.889 bits per heavy atom. The summed E-state index contributed by atoms with van der Waals surface area (Å²) in [5.74, 6) is 0.510. The molecular weight excluding hydrogens is 334 g/mol. The van der Waals surface area contributed by atoms with Crippen LogP contribution in [0.25, 0.3) is 0 Å². The number of nitrogens with one attached hydrogen (secondary N) is 1. The molecule has 0 aromatic heterocycles. The van der Waals surface area contributed by atoms with Crippen LogP contribution in [0.3, 0.4) is 0 Å². The van der Waals surface area contributed by atoms with Gasteiger partial charge in [0, 0.05) is 6.92 Å². The topological polar surface area (TPSA) is 49.3 Å². The molecule has 0 aromatic carbocycles. The third kappa shape index (κ3) is 18.3. The molecule has 0 heterocycles. The fourth-order valence-corrected chi connectivity index (χ4v) is 3.40. The Bertz CT molecular complexity index is 365. The highest BCUT2D eigenvalue weighted by Crippen LogP contribution is 2.13. The SMILES string of the molecule is CCCCCCCCCCCCCC=CC(O)C(CCC(C)C)NC(C)=O. The number of hydrogen-bond donors (Lipinski definition) is 2. The summed E-state index contributed by atoms with van der Waals surface area (Å²) in [6, 6.07) is -0.168. The molecule has 0 fully saturated rings. The summed E-state index contributed by atoms with van der Waals surface area (Å²) in [5, 5.41) is 13.2. The predicted molar refractivity (Wildman–Crippen MR) is 118 cm³/mol. The van der Waals surface area contributed by atoms with Gasteiger partial charge in [0.05, 0.1) is 12.1 Å². The minimum Gasteiger partial charge on any atom is -0.387 e. The van der Waals surface area contributed by atoms with E-state index in [2.05, 4.69) is 32.2 Å². The summed E-state index contributed by atoms with van der Waals surface area (Å²) in [6.45, 7) is 8.12. The van der Waals surface area contributed by atoms with Gasteiger partial charge in [-0.15, -0.1) is 0 Å². The van der Waals surface area contributed by atoms with Crippen molar-refractivity contribution in [1.29, 1.82) is 0 Å². The molecule has 0 aromatic rings. The van der Waals surface area contributed by atoms with Crippen LogP contribution in [0, 0.1) is 5.92 Å². The van der Waals surface area contributed by atoms with Gasteiger partial charge in [-0.25, -0.2) is 0 Å². The van der Waals surface area contributed by atoms with Crippen molar-refractivity contribution in [3.8, 4) is 0 Å². The summed E-state index contributed by atoms with van der Waals surface area (Å²) in [6.07, 6.45) is 21.1. The number of aliphatic hydroxyl groups is 1. The van der Waals surface area contributed by atoms with Gasteiger partial charge in [0.1, 0.15) is 0 Å². The van der Waals surface area contributed by atoms with Crippen LogP contribution in [0.5, 0.6) is 0 Å². The zero-order valence-corrected chi connectivity index (χ0v) is 18.6. The van der Waals surface area contributed by atoms with Crippen LogP contribution in [0.15, 0.2) is 12.2 Å². The number of amides is 1. The summed E-state index contributed by atoms with van der Waals surface area (Å²) in [4.78, 5) is 11.3. The van der Waals surface area contributed by atoms with E-state index in [0.29, 0.717) is 5.92 Å². The molecule has 27 heavy (non-hydrogen) atoms. The second-order valence-corrected chi connectivity index (χ2v) is 8.52. The van der Waals surface area contributed by atoms with Gasteiger partial charge in [0.2, 0.25) is 5.91 Å². The standard InChI is InChI=1S/C24H47NO2/c1-5-6-7-8-9-10-11-12-13-14-15-16-17-18-24(27)23(25-22(4)26)20-19-21(2)3/h17-18,21,23-24,27H,5-16,19-20H2,1-4H3,(H,25,26). The van der Waals surface area contributed by atoms with Crippen LogP contribution < -0.4 is 5.32 Å². The molecule has 0 aliphatic rings. The van der Waals surface area contributed by atoms with Gasteiger partial charge in [-0.3, -0.25) is 4.79 Å². The van der Waals surface area contributed by atoms with Crippen molar-refractivity contribution in [2.75, 3.05) is 0 Å². The largest absolute Gasteiger partial charge is 0.387 e. The lowest BCUT2D eigenvalue weighted by molar-refractivity contribution is -0.120. The molecule has 0 aliphatic heterocycles. The quantitative estimate of drug-likeness (QED) is 0.209. The van der Waals surface area contributed by atoms with Gasteiger partial charge >= 0.3 is 0 Å². The van der Waals surface area contributed by atoms with Crippen LogP contribution in [-0.4, -0.2) is 23.2 Å². The maximum atomic E-state index is 11.3. The maximum Gasteiger partial charge on any atom is 0.217 e. The number of hydrogen-bond acceptors (Lipinski definition) is 2. The van der Waals surface area contributed by atoms with E-state index < -0.39 is 6.10 Å². The first-order valence-electron chi connectivity index (χ1n) is 11.6. The van der Waals surface area contributed by atoms with E-state index in [9.17, 15) is 9.90 Å². The average Bonchev–Trinajstić information content (AvgIpc) is 2.61. The zero-order valence-electron chi connectivity index (χ0n) is 18.6. The summed E-state index contributed by atoms with van der Waals surface area (Å²) < 4.78 is 0. The first kappa shape index (κ1) is 26.2. The maximum absolute atomic E-state index is 11.3. The lowest BCUT2D eigenvalue weighted by atomic mass is 9.99. The lowest BCUT2D eigenvalue weighted by Gasteiger charge is -2.22. The molecule has 0 radical (unpaired) electrons. The molecule has 3 heteroatoms. The minimum absolute atomic E-state index is 0.0680. The highest BCUT2D eigenvalue weighted by Gasteiger charge is 2.17. The number of aliphatic hydroxyl groups excluding tert-OH is 1. The Kier molecular flexibility index (Phi) is 18.0. The van der Waals surface area contributed by atoms with E-state index in [0.717, 1.165) is 19.3 Å². The summed E-state index contributed by atoms with van der Waals surface area (Å²) >= 11 is 0. The average molecular weight is 382 g/mol. The summed E-state index contributed by atoms with van der Waals surface area (Å²) in [5.41, 5.74) is 0. The molecular formula is C24H47NO2. The van der Waals surface area contributed by atoms with Gasteiger partial charge in [0.15, 0.2) is 0 Å². The molecule has 3 nitrogen and oxygen atoms in total. The second-order valence-electron chi connectivity index (χ2n) is 8.52. The molecule has 0 saturated heterocycles. The summed E-state index contributed by atoms with van der Waals surface area (Å²) in [7, 11) is 0. The molecule has 1 amide bonds. The molecule has 0 aliphatic carbocycles. The molecule has 2 atom stereocenters. The Morgan fingerprint density at radius 2 is 1.41 bits per heavy atom. The van der Waals surface area contributed by atoms with Gasteiger partial charge < -0.3 is 10.4 Å². The van der Waals surface area contributed by atoms with Crippen LogP contribution >= 0.6 is 0 Å². The molecule has 0 bridgehead atoms. The number of allylic oxidation sites excluding steroid dienone is 1. The lowest BCUT2D eigenvalue weighted by Crippen LogP contribution is -2.41. The smallest absolute Gasteiger partial charge is 0.217 e. The molecule has 0 spiro atoms. The molecule has 2 N–H and O–H groups in total. The van der Waals surface area contributed by atoms with E-state index in [-0.39, 0.29) is 11.9 Å². The van der Waals surface area contributed by atoms with E-state index >= 15 is 0 Å². The van der Waals surface area contributed by atoms with E-state index in [1.54, 1.807) is 0 Å². The van der Waals surface area contributed by atoms with Crippen molar-refractivity contribution >= 4 is 5.91 Å². The van der Waals surface area contributed by atoms with Crippen molar-refractivity contribution in [3.05, 3.63) is 12.2 Å². The Balaban J connectivity index is 3.72. The van der Waals surface area contributed by atoms with Gasteiger partial charge in [-0.2, -0.15) is 0 Å². The van der Waals surface area contributed by atoms with Crippen molar-refractivity contribution in [3.63, 3.8) is 0 Å². The van der Waals surface area contributed by atoms with E-state index in [1.165, 1.54) is 77.6 Å². The van der Waals surface area contributed by atoms with Crippen LogP contribution in [0.4, 0.5) is 0 Å². The van der Waals surface area contributed by atoms with Crippen molar-refractivity contribution < 1.29 is 9.90 Å². The third-order valence-electron chi connectivity index (χ3n) is 5.16. The van der Waals surface area contributed by atoms with E-state index in [1.807, 2.05) is 6.08 Å². The van der Waals surface area contributed by atoms with Crippen molar-refractivity contribution in [2.45, 2.75) is 130 Å². The van der Waals surface area contributed by atoms with Crippen molar-refractivity contribution in [2.24, 2.45) is 5.92 Å². The van der Waals surface area contributed by atoms with Crippen LogP contribution in [0.2, 0.25) is 0 Å². The monoisotopic (exact) mass is 381 g/mol. The minimum atomic E-state index is -0.583. The Labute approximate surface area is 169 Å².